The highest BCUT2D eigenvalue weighted by atomic mass is 35.5. The minimum atomic E-state index is -4.65. The van der Waals surface area contributed by atoms with E-state index in [2.05, 4.69) is 4.72 Å². The van der Waals surface area contributed by atoms with Crippen molar-refractivity contribution in [1.82, 2.24) is 4.90 Å². The molecule has 2 aromatic carbocycles. The summed E-state index contributed by atoms with van der Waals surface area (Å²) >= 11 is 6.36. The average Bonchev–Trinajstić information content (AvgIpc) is 3.28. The Morgan fingerprint density at radius 3 is 2.29 bits per heavy atom. The lowest BCUT2D eigenvalue weighted by Gasteiger charge is -2.38. The summed E-state index contributed by atoms with van der Waals surface area (Å²) < 4.78 is 65.6. The third-order valence-corrected chi connectivity index (χ3v) is 7.93. The minimum absolute atomic E-state index is 0.198. The van der Waals surface area contributed by atoms with E-state index in [0.717, 1.165) is 18.4 Å². The van der Waals surface area contributed by atoms with Crippen molar-refractivity contribution in [1.29, 1.82) is 0 Å². The molecule has 2 aliphatic rings. The first-order chi connectivity index (χ1) is 17.8. The fourth-order valence-corrected chi connectivity index (χ4v) is 6.08. The summed E-state index contributed by atoms with van der Waals surface area (Å²) in [4.78, 5) is 28.8. The number of likely N-dealkylation sites (tertiary alicyclic amines) is 1. The van der Waals surface area contributed by atoms with Gasteiger partial charge in [-0.15, -0.1) is 0 Å². The molecule has 1 amide bonds. The molecule has 2 unspecified atom stereocenters. The van der Waals surface area contributed by atoms with Gasteiger partial charge >= 0.3 is 12.1 Å². The predicted octanol–water partition coefficient (Wildman–Crippen LogP) is 4.76. The van der Waals surface area contributed by atoms with Gasteiger partial charge in [-0.1, -0.05) is 29.8 Å². The van der Waals surface area contributed by atoms with Crippen molar-refractivity contribution in [3.8, 4) is 0 Å². The quantitative estimate of drug-likeness (QED) is 0.516. The Hall–Kier alpha value is -2.99. The van der Waals surface area contributed by atoms with Gasteiger partial charge in [-0.3, -0.25) is 9.52 Å². The van der Waals surface area contributed by atoms with E-state index in [0.29, 0.717) is 36.3 Å². The number of aliphatic carboxylic acids is 1. The van der Waals surface area contributed by atoms with Gasteiger partial charge < -0.3 is 14.9 Å². The number of hydrogen-bond acceptors (Lipinski definition) is 5. The average molecular weight is 574 g/mol. The van der Waals surface area contributed by atoms with Crippen molar-refractivity contribution in [2.75, 3.05) is 29.0 Å². The van der Waals surface area contributed by atoms with Gasteiger partial charge in [0.05, 0.1) is 29.2 Å². The summed E-state index contributed by atoms with van der Waals surface area (Å²) in [6, 6.07) is 8.40. The third-order valence-electron chi connectivity index (χ3n) is 6.99. The largest absolute Gasteiger partial charge is 0.480 e. The van der Waals surface area contributed by atoms with Crippen LogP contribution in [-0.4, -0.2) is 55.7 Å². The number of amides is 1. The number of carboxylic acids is 1. The maximum absolute atomic E-state index is 13.6. The molecule has 0 radical (unpaired) electrons. The van der Waals surface area contributed by atoms with Crippen LogP contribution in [0.1, 0.15) is 42.9 Å². The van der Waals surface area contributed by atoms with E-state index in [4.69, 9.17) is 11.6 Å². The molecule has 0 aromatic heterocycles. The van der Waals surface area contributed by atoms with E-state index in [-0.39, 0.29) is 30.4 Å². The summed E-state index contributed by atoms with van der Waals surface area (Å²) in [6.45, 7) is 0.533. The highest BCUT2D eigenvalue weighted by Gasteiger charge is 2.44. The zero-order valence-corrected chi connectivity index (χ0v) is 22.0. The van der Waals surface area contributed by atoms with Crippen LogP contribution in [0.15, 0.2) is 42.5 Å². The van der Waals surface area contributed by atoms with Crippen LogP contribution in [0, 0.1) is 5.92 Å². The van der Waals surface area contributed by atoms with Crippen LogP contribution in [-0.2, 0) is 25.8 Å². The summed E-state index contributed by atoms with van der Waals surface area (Å²) in [5.41, 5.74) is -0.231. The standard InChI is InChI=1S/C25H27ClF3N3O5S/c1-38(36,37)30-19-14-16(25(27,28)29)6-7-21(19)31-12-10-15(11-13-31)23(33)32-20(8-9-22(32)24(34)35)17-4-2-3-5-18(17)26/h2-7,14-15,20,22,30H,8-13H2,1H3,(H,34,35). The van der Waals surface area contributed by atoms with Gasteiger partial charge in [0.25, 0.3) is 0 Å². The second-order valence-electron chi connectivity index (χ2n) is 9.58. The Morgan fingerprint density at radius 1 is 1.05 bits per heavy atom. The molecule has 4 rings (SSSR count). The van der Waals surface area contributed by atoms with E-state index in [1.165, 1.54) is 11.0 Å². The molecule has 0 saturated carbocycles. The lowest BCUT2D eigenvalue weighted by molar-refractivity contribution is -0.152. The zero-order valence-electron chi connectivity index (χ0n) is 20.4. The molecular formula is C25H27ClF3N3O5S. The molecule has 2 fully saturated rings. The van der Waals surface area contributed by atoms with E-state index < -0.39 is 45.7 Å². The number of carboxylic acid groups (broad SMARTS) is 1. The van der Waals surface area contributed by atoms with Crippen molar-refractivity contribution in [3.63, 3.8) is 0 Å². The molecular weight excluding hydrogens is 547 g/mol. The van der Waals surface area contributed by atoms with Gasteiger partial charge in [-0.2, -0.15) is 13.2 Å². The highest BCUT2D eigenvalue weighted by molar-refractivity contribution is 7.92. The fourth-order valence-electron chi connectivity index (χ4n) is 5.26. The van der Waals surface area contributed by atoms with Gasteiger partial charge in [0.2, 0.25) is 15.9 Å². The van der Waals surface area contributed by atoms with Crippen molar-refractivity contribution in [2.24, 2.45) is 5.92 Å². The first-order valence-corrected chi connectivity index (χ1v) is 14.3. The second-order valence-corrected chi connectivity index (χ2v) is 11.7. The van der Waals surface area contributed by atoms with Crippen molar-refractivity contribution in [3.05, 3.63) is 58.6 Å². The highest BCUT2D eigenvalue weighted by Crippen LogP contribution is 2.42. The van der Waals surface area contributed by atoms with Crippen molar-refractivity contribution >= 4 is 44.9 Å². The van der Waals surface area contributed by atoms with Crippen molar-refractivity contribution in [2.45, 2.75) is 43.9 Å². The number of benzene rings is 2. The molecule has 38 heavy (non-hydrogen) atoms. The SMILES string of the molecule is CS(=O)(=O)Nc1cc(C(F)(F)F)ccc1N1CCC(C(=O)N2C(C(=O)O)CCC2c2ccccc2Cl)CC1. The molecule has 13 heteroatoms. The molecule has 0 aliphatic carbocycles. The fraction of sp³-hybridized carbons (Fsp3) is 0.440. The van der Waals surface area contributed by atoms with E-state index in [9.17, 15) is 36.3 Å². The Bertz CT molecular complexity index is 1330. The van der Waals surface area contributed by atoms with Crippen LogP contribution in [0.4, 0.5) is 24.5 Å². The number of anilines is 2. The first-order valence-electron chi connectivity index (χ1n) is 12.0. The molecule has 8 nitrogen and oxygen atoms in total. The summed E-state index contributed by atoms with van der Waals surface area (Å²) in [5, 5.41) is 10.2. The van der Waals surface area contributed by atoms with Gasteiger partial charge in [0, 0.05) is 24.0 Å². The molecule has 206 valence electrons. The maximum Gasteiger partial charge on any atom is 0.416 e. The molecule has 0 spiro atoms. The monoisotopic (exact) mass is 573 g/mol. The number of nitrogens with one attached hydrogen (secondary N) is 1. The molecule has 2 N–H and O–H groups in total. The number of halogens is 4. The molecule has 2 saturated heterocycles. The number of hydrogen-bond donors (Lipinski definition) is 2. The van der Waals surface area contributed by atoms with E-state index in [1.807, 2.05) is 0 Å². The number of carbonyl (C=O) groups is 2. The number of rotatable bonds is 6. The Morgan fingerprint density at radius 2 is 1.71 bits per heavy atom. The first kappa shape index (κ1) is 28.0. The van der Waals surface area contributed by atoms with Gasteiger partial charge in [-0.25, -0.2) is 13.2 Å². The number of piperidine rings is 1. The number of nitrogens with zero attached hydrogens (tertiary/aromatic N) is 2. The molecule has 2 heterocycles. The molecule has 2 atom stereocenters. The van der Waals surface area contributed by atoms with E-state index in [1.54, 1.807) is 29.2 Å². The zero-order chi connectivity index (χ0) is 27.8. The van der Waals surface area contributed by atoms with Crippen LogP contribution in [0.2, 0.25) is 5.02 Å². The lowest BCUT2D eigenvalue weighted by atomic mass is 9.93. The van der Waals surface area contributed by atoms with Gasteiger partial charge in [-0.05, 0) is 55.5 Å². The lowest BCUT2D eigenvalue weighted by Crippen LogP contribution is -2.47. The van der Waals surface area contributed by atoms with Crippen molar-refractivity contribution < 1.29 is 36.3 Å². The Balaban J connectivity index is 1.55. The van der Waals surface area contributed by atoms with Crippen LogP contribution in [0.5, 0.6) is 0 Å². The summed E-state index contributed by atoms with van der Waals surface area (Å²) in [5.74, 6) is -1.90. The molecule has 2 aliphatic heterocycles. The van der Waals surface area contributed by atoms with Crippen LogP contribution >= 0.6 is 11.6 Å². The van der Waals surface area contributed by atoms with Crippen LogP contribution in [0.25, 0.3) is 0 Å². The number of carbonyl (C=O) groups excluding carboxylic acids is 1. The normalized spacial score (nSPS) is 21.0. The second kappa shape index (κ2) is 10.6. The minimum Gasteiger partial charge on any atom is -0.480 e. The van der Waals surface area contributed by atoms with Gasteiger partial charge in [0.15, 0.2) is 0 Å². The van der Waals surface area contributed by atoms with E-state index >= 15 is 0 Å². The molecule has 0 bridgehead atoms. The summed E-state index contributed by atoms with van der Waals surface area (Å²) in [7, 11) is -3.86. The van der Waals surface area contributed by atoms with Gasteiger partial charge in [0.1, 0.15) is 6.04 Å². The number of sulfonamides is 1. The smallest absolute Gasteiger partial charge is 0.416 e. The summed E-state index contributed by atoms with van der Waals surface area (Å²) in [6.07, 6.45) is -2.42. The molecule has 2 aromatic rings. The van der Waals surface area contributed by atoms with Crippen LogP contribution in [0.3, 0.4) is 0 Å². The third kappa shape index (κ3) is 6.01. The van der Waals surface area contributed by atoms with Crippen LogP contribution < -0.4 is 9.62 Å². The Labute approximate surface area is 223 Å². The predicted molar refractivity (Wildman–Crippen MR) is 137 cm³/mol. The Kier molecular flexibility index (Phi) is 7.85. The topological polar surface area (TPSA) is 107 Å². The number of alkyl halides is 3. The maximum atomic E-state index is 13.6.